The van der Waals surface area contributed by atoms with Crippen molar-refractivity contribution in [2.24, 2.45) is 5.73 Å². The first-order valence-corrected chi connectivity index (χ1v) is 6.51. The number of carbonyl (C=O) groups is 1. The van der Waals surface area contributed by atoms with Crippen molar-refractivity contribution < 1.29 is 9.53 Å². The van der Waals surface area contributed by atoms with Crippen molar-refractivity contribution in [3.8, 4) is 5.75 Å². The van der Waals surface area contributed by atoms with Gasteiger partial charge in [0.25, 0.3) is 5.91 Å². The molecule has 104 valence electrons. The zero-order chi connectivity index (χ0) is 14.4. The minimum atomic E-state index is -0.854. The number of fused-ring (bicyclic) bond motifs is 1. The van der Waals surface area contributed by atoms with E-state index < -0.39 is 11.1 Å². The van der Waals surface area contributed by atoms with Crippen LogP contribution in [0, 0.1) is 6.92 Å². The number of ether oxygens (including phenoxy) is 1. The Morgan fingerprint density at radius 3 is 2.58 bits per heavy atom. The zero-order valence-electron chi connectivity index (χ0n) is 12.3. The topological polar surface area (TPSA) is 55.6 Å². The highest BCUT2D eigenvalue weighted by Gasteiger charge is 2.42. The van der Waals surface area contributed by atoms with Crippen molar-refractivity contribution >= 4 is 11.6 Å². The third-order valence-corrected chi connectivity index (χ3v) is 3.10. The molecule has 0 fully saturated rings. The average molecular weight is 262 g/mol. The molecule has 0 aromatic heterocycles. The quantitative estimate of drug-likeness (QED) is 0.889. The molecule has 1 amide bonds. The summed E-state index contributed by atoms with van der Waals surface area (Å²) in [5, 5.41) is 0. The number of nitrogens with two attached hydrogens (primary N) is 1. The van der Waals surface area contributed by atoms with Crippen LogP contribution in [0.5, 0.6) is 5.75 Å². The van der Waals surface area contributed by atoms with Gasteiger partial charge in [-0.2, -0.15) is 0 Å². The molecule has 0 saturated heterocycles. The Morgan fingerprint density at radius 1 is 1.37 bits per heavy atom. The predicted molar refractivity (Wildman–Crippen MR) is 76.5 cm³/mol. The van der Waals surface area contributed by atoms with Crippen molar-refractivity contribution in [1.29, 1.82) is 0 Å². The fourth-order valence-corrected chi connectivity index (χ4v) is 2.24. The second kappa shape index (κ2) is 4.23. The van der Waals surface area contributed by atoms with Crippen LogP contribution in [0.25, 0.3) is 0 Å². The molecule has 0 radical (unpaired) electrons. The molecule has 0 saturated carbocycles. The molecule has 0 spiro atoms. The summed E-state index contributed by atoms with van der Waals surface area (Å²) >= 11 is 0. The van der Waals surface area contributed by atoms with Crippen molar-refractivity contribution in [1.82, 2.24) is 0 Å². The summed E-state index contributed by atoms with van der Waals surface area (Å²) in [5.41, 5.74) is 6.67. The Hall–Kier alpha value is -1.55. The molecule has 4 nitrogen and oxygen atoms in total. The smallest absolute Gasteiger partial charge is 0.270 e. The van der Waals surface area contributed by atoms with Crippen molar-refractivity contribution in [2.45, 2.75) is 45.8 Å². The van der Waals surface area contributed by atoms with Crippen LogP contribution in [-0.2, 0) is 4.79 Å². The first-order valence-electron chi connectivity index (χ1n) is 6.51. The zero-order valence-corrected chi connectivity index (χ0v) is 12.3. The number of hydrogen-bond donors (Lipinski definition) is 1. The third kappa shape index (κ3) is 2.73. The maximum absolute atomic E-state index is 12.5. The molecule has 0 aliphatic carbocycles. The molecular formula is C15H22N2O2. The minimum absolute atomic E-state index is 0.0517. The molecule has 0 bridgehead atoms. The molecule has 2 rings (SSSR count). The predicted octanol–water partition coefficient (Wildman–Crippen LogP) is 2.24. The van der Waals surface area contributed by atoms with E-state index >= 15 is 0 Å². The summed E-state index contributed by atoms with van der Waals surface area (Å²) < 4.78 is 5.80. The number of carbonyl (C=O) groups excluding carboxylic acids is 1. The van der Waals surface area contributed by atoms with E-state index in [1.54, 1.807) is 18.7 Å². The largest absolute Gasteiger partial charge is 0.476 e. The van der Waals surface area contributed by atoms with Gasteiger partial charge in [-0.1, -0.05) is 6.07 Å². The van der Waals surface area contributed by atoms with Crippen LogP contribution >= 0.6 is 0 Å². The van der Waals surface area contributed by atoms with Crippen molar-refractivity contribution in [3.63, 3.8) is 0 Å². The van der Waals surface area contributed by atoms with E-state index in [-0.39, 0.29) is 5.91 Å². The Kier molecular flexibility index (Phi) is 3.09. The maximum atomic E-state index is 12.5. The van der Waals surface area contributed by atoms with E-state index in [0.717, 1.165) is 17.0 Å². The van der Waals surface area contributed by atoms with Gasteiger partial charge < -0.3 is 15.4 Å². The fourth-order valence-electron chi connectivity index (χ4n) is 2.24. The van der Waals surface area contributed by atoms with Crippen LogP contribution in [0.4, 0.5) is 5.69 Å². The van der Waals surface area contributed by atoms with Gasteiger partial charge in [-0.3, -0.25) is 4.79 Å². The van der Waals surface area contributed by atoms with Crippen LogP contribution in [0.2, 0.25) is 0 Å². The second-order valence-corrected chi connectivity index (χ2v) is 6.46. The normalized spacial score (nSPS) is 18.0. The highest BCUT2D eigenvalue weighted by molar-refractivity contribution is 6.02. The maximum Gasteiger partial charge on any atom is 0.270 e. The number of nitrogens with zero attached hydrogens (tertiary/aromatic N) is 1. The number of amides is 1. The van der Waals surface area contributed by atoms with Gasteiger partial charge in [0.15, 0.2) is 5.60 Å². The summed E-state index contributed by atoms with van der Waals surface area (Å²) in [6, 6.07) is 5.86. The van der Waals surface area contributed by atoms with Gasteiger partial charge in [-0.05, 0) is 52.3 Å². The van der Waals surface area contributed by atoms with E-state index in [9.17, 15) is 4.79 Å². The molecule has 1 aromatic rings. The lowest BCUT2D eigenvalue weighted by Gasteiger charge is -2.41. The lowest BCUT2D eigenvalue weighted by molar-refractivity contribution is -0.132. The summed E-state index contributed by atoms with van der Waals surface area (Å²) in [6.07, 6.45) is 0. The molecule has 0 unspecified atom stereocenters. The van der Waals surface area contributed by atoms with Gasteiger partial charge in [0.2, 0.25) is 0 Å². The summed E-state index contributed by atoms with van der Waals surface area (Å²) in [7, 11) is 0. The molecule has 19 heavy (non-hydrogen) atoms. The fraction of sp³-hybridized carbons (Fsp3) is 0.533. The van der Waals surface area contributed by atoms with E-state index in [0.29, 0.717) is 6.54 Å². The molecule has 1 aromatic carbocycles. The molecule has 1 aliphatic rings. The third-order valence-electron chi connectivity index (χ3n) is 3.10. The molecule has 1 aliphatic heterocycles. The molecular weight excluding hydrogens is 240 g/mol. The molecule has 2 N–H and O–H groups in total. The first kappa shape index (κ1) is 13.9. The van der Waals surface area contributed by atoms with Gasteiger partial charge >= 0.3 is 0 Å². The van der Waals surface area contributed by atoms with Gasteiger partial charge in [-0.15, -0.1) is 0 Å². The van der Waals surface area contributed by atoms with Crippen LogP contribution in [0.1, 0.15) is 33.3 Å². The van der Waals surface area contributed by atoms with E-state index in [4.69, 9.17) is 10.5 Å². The lowest BCUT2D eigenvalue weighted by atomic mass is 9.99. The van der Waals surface area contributed by atoms with Gasteiger partial charge in [0.1, 0.15) is 5.75 Å². The van der Waals surface area contributed by atoms with Crippen LogP contribution in [0.3, 0.4) is 0 Å². The highest BCUT2D eigenvalue weighted by atomic mass is 16.5. The number of hydrogen-bond acceptors (Lipinski definition) is 3. The van der Waals surface area contributed by atoms with Gasteiger partial charge in [0.05, 0.1) is 5.69 Å². The summed E-state index contributed by atoms with van der Waals surface area (Å²) in [4.78, 5) is 14.3. The molecule has 0 atom stereocenters. The molecule has 1 heterocycles. The van der Waals surface area contributed by atoms with Crippen molar-refractivity contribution in [2.75, 3.05) is 11.4 Å². The van der Waals surface area contributed by atoms with Crippen LogP contribution in [0.15, 0.2) is 18.2 Å². The Balaban J connectivity index is 2.51. The number of anilines is 1. The Morgan fingerprint density at radius 2 is 2.00 bits per heavy atom. The molecule has 4 heteroatoms. The second-order valence-electron chi connectivity index (χ2n) is 6.46. The van der Waals surface area contributed by atoms with E-state index in [1.165, 1.54) is 0 Å². The minimum Gasteiger partial charge on any atom is -0.476 e. The Labute approximate surface area is 114 Å². The average Bonchev–Trinajstić information content (AvgIpc) is 2.24. The van der Waals surface area contributed by atoms with Gasteiger partial charge in [-0.25, -0.2) is 0 Å². The van der Waals surface area contributed by atoms with E-state index in [2.05, 4.69) is 0 Å². The standard InChI is InChI=1S/C15H22N2O2/c1-10-6-7-12-11(8-10)17(9-14(2,3)16)13(18)15(4,5)19-12/h6-8H,9,16H2,1-5H3. The number of benzene rings is 1. The monoisotopic (exact) mass is 262 g/mol. The van der Waals surface area contributed by atoms with Gasteiger partial charge in [0, 0.05) is 12.1 Å². The SMILES string of the molecule is Cc1ccc2c(c1)N(CC(C)(C)N)C(=O)C(C)(C)O2. The number of aryl methyl sites for hydroxylation is 1. The lowest BCUT2D eigenvalue weighted by Crippen LogP contribution is -2.57. The van der Waals surface area contributed by atoms with Crippen LogP contribution in [-0.4, -0.2) is 23.6 Å². The first-order chi connectivity index (χ1) is 8.60. The highest BCUT2D eigenvalue weighted by Crippen LogP contribution is 2.38. The summed E-state index contributed by atoms with van der Waals surface area (Å²) in [5.74, 6) is 0.684. The number of rotatable bonds is 2. The van der Waals surface area contributed by atoms with Crippen molar-refractivity contribution in [3.05, 3.63) is 23.8 Å². The Bertz CT molecular complexity index is 515. The summed E-state index contributed by atoms with van der Waals surface area (Å²) in [6.45, 7) is 9.87. The van der Waals surface area contributed by atoms with E-state index in [1.807, 2.05) is 39.0 Å². The van der Waals surface area contributed by atoms with Crippen LogP contribution < -0.4 is 15.4 Å².